The van der Waals surface area contributed by atoms with Gasteiger partial charge >= 0.3 is 5.97 Å². The van der Waals surface area contributed by atoms with Crippen LogP contribution in [0.4, 0.5) is 5.69 Å². The highest BCUT2D eigenvalue weighted by atomic mass is 16.5. The van der Waals surface area contributed by atoms with Gasteiger partial charge in [-0.2, -0.15) is 0 Å². The molecule has 2 heterocycles. The Morgan fingerprint density at radius 3 is 2.37 bits per heavy atom. The second-order valence-electron chi connectivity index (χ2n) is 15.3. The highest BCUT2D eigenvalue weighted by Gasteiger charge is 2.45. The molecule has 0 spiro atoms. The van der Waals surface area contributed by atoms with E-state index in [1.54, 1.807) is 12.1 Å². The summed E-state index contributed by atoms with van der Waals surface area (Å²) >= 11 is 0. The first kappa shape index (κ1) is 35.4. The number of carboxylic acids is 1. The lowest BCUT2D eigenvalue weighted by molar-refractivity contribution is -0.131. The first-order valence-electron chi connectivity index (χ1n) is 19.3. The van der Waals surface area contributed by atoms with Gasteiger partial charge in [0.25, 0.3) is 5.91 Å². The number of nitrogens with zero attached hydrogens (tertiary/aromatic N) is 2. The molecule has 5 aromatic rings. The number of rotatable bonds is 11. The number of nitrogens with one attached hydrogen (secondary N) is 1. The Hall–Kier alpha value is -5.63. The molecule has 0 atom stereocenters. The van der Waals surface area contributed by atoms with Gasteiger partial charge < -0.3 is 24.6 Å². The fourth-order valence-corrected chi connectivity index (χ4v) is 8.64. The number of hydrogen-bond donors (Lipinski definition) is 2. The standard InChI is InChI=1S/C46H47N3O5/c1-48-25-26-49-40-28-35(45(53)47-46(23-8-24-46)41(50)27-32-15-13-31(14-16-32)17-22-42(51)52)18-20-37(40)43(34-11-6-3-7-12-34)44(49)38-21-19-36(29-39(38)48)54-30-33-9-4-2-5-10-33/h2,4-5,9-10,13-22,28-29,34H,3,6-8,11-12,23-27,30H2,1H3,(H,47,53)(H,51,52)/b22-17+. The molecule has 4 aromatic carbocycles. The molecule has 2 fully saturated rings. The molecule has 1 aliphatic heterocycles. The Bertz CT molecular complexity index is 2230. The smallest absolute Gasteiger partial charge is 0.328 e. The molecule has 54 heavy (non-hydrogen) atoms. The monoisotopic (exact) mass is 721 g/mol. The number of Topliss-reactive ketones (excluding diaryl/α,β-unsaturated/α-hetero) is 1. The van der Waals surface area contributed by atoms with Crippen molar-refractivity contribution in [2.75, 3.05) is 18.5 Å². The van der Waals surface area contributed by atoms with E-state index in [1.165, 1.54) is 47.5 Å². The normalized spacial score (nSPS) is 16.6. The lowest BCUT2D eigenvalue weighted by Crippen LogP contribution is -2.59. The fourth-order valence-electron chi connectivity index (χ4n) is 8.64. The molecule has 2 N–H and O–H groups in total. The van der Waals surface area contributed by atoms with Crippen LogP contribution in [0.25, 0.3) is 28.2 Å². The van der Waals surface area contributed by atoms with Crippen molar-refractivity contribution >= 4 is 40.3 Å². The summed E-state index contributed by atoms with van der Waals surface area (Å²) in [5.74, 6) is 0.0580. The van der Waals surface area contributed by atoms with Crippen molar-refractivity contribution in [3.05, 3.63) is 125 Å². The molecule has 8 heteroatoms. The van der Waals surface area contributed by atoms with E-state index in [9.17, 15) is 14.4 Å². The number of fused-ring (bicyclic) bond motifs is 5. The SMILES string of the molecule is CN1CCn2c(c(C3CCCCC3)c3ccc(C(=O)NC4(C(=O)Cc5ccc(/C=C/C(=O)O)cc5)CCC4)cc32)-c2ccc(OCc3ccccc3)cc21. The molecule has 8 nitrogen and oxygen atoms in total. The Balaban J connectivity index is 1.09. The molecule has 2 aliphatic carbocycles. The van der Waals surface area contributed by atoms with Crippen LogP contribution in [0.15, 0.2) is 97.1 Å². The summed E-state index contributed by atoms with van der Waals surface area (Å²) in [4.78, 5) is 41.0. The summed E-state index contributed by atoms with van der Waals surface area (Å²) in [6.07, 6.45) is 11.0. The Morgan fingerprint density at radius 1 is 0.870 bits per heavy atom. The van der Waals surface area contributed by atoms with Gasteiger partial charge in [-0.25, -0.2) is 4.79 Å². The third-order valence-corrected chi connectivity index (χ3v) is 11.8. The zero-order chi connectivity index (χ0) is 37.2. The van der Waals surface area contributed by atoms with Crippen molar-refractivity contribution < 1.29 is 24.2 Å². The average molecular weight is 722 g/mol. The van der Waals surface area contributed by atoms with Crippen molar-refractivity contribution in [1.29, 1.82) is 0 Å². The zero-order valence-corrected chi connectivity index (χ0v) is 30.9. The lowest BCUT2D eigenvalue weighted by Gasteiger charge is -2.41. The number of anilines is 1. The van der Waals surface area contributed by atoms with E-state index in [1.807, 2.05) is 42.5 Å². The Kier molecular flexibility index (Phi) is 9.84. The van der Waals surface area contributed by atoms with Gasteiger partial charge in [0.1, 0.15) is 12.4 Å². The van der Waals surface area contributed by atoms with Crippen LogP contribution in [-0.4, -0.2) is 46.5 Å². The average Bonchev–Trinajstić information content (AvgIpc) is 3.43. The van der Waals surface area contributed by atoms with Crippen LogP contribution in [0.3, 0.4) is 0 Å². The first-order chi connectivity index (χ1) is 26.3. The minimum Gasteiger partial charge on any atom is -0.489 e. The van der Waals surface area contributed by atoms with E-state index in [0.29, 0.717) is 30.9 Å². The predicted octanol–water partition coefficient (Wildman–Crippen LogP) is 8.95. The van der Waals surface area contributed by atoms with Crippen LogP contribution < -0.4 is 15.0 Å². The minimum atomic E-state index is -1.01. The number of carboxylic acid groups (broad SMARTS) is 1. The lowest BCUT2D eigenvalue weighted by atomic mass is 9.72. The van der Waals surface area contributed by atoms with Crippen LogP contribution in [0.1, 0.15) is 89.9 Å². The summed E-state index contributed by atoms with van der Waals surface area (Å²) in [6, 6.07) is 30.2. The van der Waals surface area contributed by atoms with Crippen molar-refractivity contribution in [3.63, 3.8) is 0 Å². The number of aliphatic carboxylic acids is 1. The number of carbonyl (C=O) groups excluding carboxylic acids is 2. The Labute approximate surface area is 316 Å². The van der Waals surface area contributed by atoms with Crippen LogP contribution in [0.5, 0.6) is 5.75 Å². The van der Waals surface area contributed by atoms with Gasteiger partial charge in [0, 0.05) is 66.4 Å². The number of hydrogen-bond acceptors (Lipinski definition) is 5. The molecule has 276 valence electrons. The summed E-state index contributed by atoms with van der Waals surface area (Å²) in [5.41, 5.74) is 8.43. The largest absolute Gasteiger partial charge is 0.489 e. The maximum Gasteiger partial charge on any atom is 0.328 e. The van der Waals surface area contributed by atoms with Crippen molar-refractivity contribution in [3.8, 4) is 17.0 Å². The minimum absolute atomic E-state index is 0.0000876. The van der Waals surface area contributed by atoms with E-state index < -0.39 is 11.5 Å². The summed E-state index contributed by atoms with van der Waals surface area (Å²) < 4.78 is 8.72. The molecule has 0 radical (unpaired) electrons. The van der Waals surface area contributed by atoms with Crippen molar-refractivity contribution in [2.45, 2.75) is 82.4 Å². The van der Waals surface area contributed by atoms with Gasteiger partial charge in [0.05, 0.1) is 11.2 Å². The van der Waals surface area contributed by atoms with E-state index in [0.717, 1.165) is 72.1 Å². The third-order valence-electron chi connectivity index (χ3n) is 11.8. The number of carbonyl (C=O) groups is 3. The highest BCUT2D eigenvalue weighted by Crippen LogP contribution is 2.48. The van der Waals surface area contributed by atoms with E-state index in [4.69, 9.17) is 9.84 Å². The number of likely N-dealkylation sites (N-methyl/N-ethyl adjacent to an activating group) is 1. The quantitative estimate of drug-likeness (QED) is 0.132. The fraction of sp³-hybridized carbons (Fsp3) is 0.326. The summed E-state index contributed by atoms with van der Waals surface area (Å²) in [5, 5.41) is 13.3. The molecule has 2 saturated carbocycles. The van der Waals surface area contributed by atoms with Crippen LogP contribution in [-0.2, 0) is 29.2 Å². The predicted molar refractivity (Wildman–Crippen MR) is 213 cm³/mol. The molecule has 8 rings (SSSR count). The zero-order valence-electron chi connectivity index (χ0n) is 30.9. The van der Waals surface area contributed by atoms with E-state index in [-0.39, 0.29) is 18.1 Å². The van der Waals surface area contributed by atoms with Crippen molar-refractivity contribution in [1.82, 2.24) is 9.88 Å². The molecule has 1 aromatic heterocycles. The van der Waals surface area contributed by atoms with Gasteiger partial charge in [-0.05, 0) is 90.6 Å². The maximum atomic E-state index is 14.1. The molecule has 3 aliphatic rings. The maximum absolute atomic E-state index is 14.1. The molecular formula is C46H47N3O5. The number of ether oxygens (including phenoxy) is 1. The van der Waals surface area contributed by atoms with Gasteiger partial charge in [0.15, 0.2) is 5.78 Å². The topological polar surface area (TPSA) is 101 Å². The van der Waals surface area contributed by atoms with E-state index in [2.05, 4.69) is 58.2 Å². The number of ketones is 1. The van der Waals surface area contributed by atoms with Crippen molar-refractivity contribution in [2.24, 2.45) is 0 Å². The molecular weight excluding hydrogens is 675 g/mol. The second-order valence-corrected chi connectivity index (χ2v) is 15.3. The highest BCUT2D eigenvalue weighted by molar-refractivity contribution is 6.04. The van der Waals surface area contributed by atoms with Gasteiger partial charge in [-0.15, -0.1) is 0 Å². The summed E-state index contributed by atoms with van der Waals surface area (Å²) in [7, 11) is 2.15. The number of aromatic nitrogens is 1. The molecule has 0 unspecified atom stereocenters. The molecule has 0 bridgehead atoms. The number of benzene rings is 4. The number of amides is 1. The Morgan fingerprint density at radius 2 is 1.65 bits per heavy atom. The van der Waals surface area contributed by atoms with Gasteiger partial charge in [-0.3, -0.25) is 9.59 Å². The second kappa shape index (κ2) is 15.0. The molecule has 1 amide bonds. The van der Waals surface area contributed by atoms with E-state index >= 15 is 0 Å². The van der Waals surface area contributed by atoms with Gasteiger partial charge in [-0.1, -0.05) is 79.9 Å². The first-order valence-corrected chi connectivity index (χ1v) is 19.3. The van der Waals surface area contributed by atoms with Crippen LogP contribution in [0, 0.1) is 0 Å². The van der Waals surface area contributed by atoms with Gasteiger partial charge in [0.2, 0.25) is 0 Å². The molecule has 0 saturated heterocycles. The van der Waals surface area contributed by atoms with Crippen LogP contribution in [0.2, 0.25) is 0 Å². The van der Waals surface area contributed by atoms with Crippen LogP contribution >= 0.6 is 0 Å². The third kappa shape index (κ3) is 7.05. The summed E-state index contributed by atoms with van der Waals surface area (Å²) in [6.45, 7) is 2.10.